The number of aliphatic hydroxyl groups is 1. The number of hydrogen-bond donors (Lipinski definition) is 2. The average Bonchev–Trinajstić information content (AvgIpc) is 2.95. The van der Waals surface area contributed by atoms with E-state index >= 15 is 0 Å². The molecule has 1 aliphatic heterocycles. The Bertz CT molecular complexity index is 662. The highest BCUT2D eigenvalue weighted by molar-refractivity contribution is 5.29. The molecule has 0 spiro atoms. The van der Waals surface area contributed by atoms with Gasteiger partial charge in [0.25, 0.3) is 0 Å². The van der Waals surface area contributed by atoms with E-state index in [1.165, 1.54) is 17.7 Å². The third-order valence-corrected chi connectivity index (χ3v) is 4.92. The summed E-state index contributed by atoms with van der Waals surface area (Å²) in [7, 11) is 0. The zero-order valence-corrected chi connectivity index (χ0v) is 12.9. The van der Waals surface area contributed by atoms with Crippen molar-refractivity contribution >= 4 is 0 Å². The van der Waals surface area contributed by atoms with Gasteiger partial charge in [0.15, 0.2) is 11.6 Å². The molecule has 2 aromatic rings. The van der Waals surface area contributed by atoms with Crippen LogP contribution in [0, 0.1) is 17.0 Å². The second-order valence-corrected chi connectivity index (χ2v) is 6.36. The maximum atomic E-state index is 13.7. The zero-order valence-electron chi connectivity index (χ0n) is 12.9. The molecule has 4 heteroatoms. The summed E-state index contributed by atoms with van der Waals surface area (Å²) < 4.78 is 26.9. The van der Waals surface area contributed by atoms with E-state index < -0.39 is 11.6 Å². The highest BCUT2D eigenvalue weighted by Crippen LogP contribution is 2.44. The Morgan fingerprint density at radius 2 is 1.87 bits per heavy atom. The van der Waals surface area contributed by atoms with Crippen molar-refractivity contribution in [2.75, 3.05) is 19.7 Å². The predicted molar refractivity (Wildman–Crippen MR) is 86.3 cm³/mol. The van der Waals surface area contributed by atoms with Crippen molar-refractivity contribution in [2.24, 2.45) is 5.41 Å². The van der Waals surface area contributed by atoms with Gasteiger partial charge in [0, 0.05) is 25.6 Å². The molecule has 3 rings (SSSR count). The Morgan fingerprint density at radius 3 is 2.57 bits per heavy atom. The molecule has 2 nitrogen and oxygen atoms in total. The van der Waals surface area contributed by atoms with Crippen LogP contribution in [-0.2, 0) is 6.42 Å². The molecule has 1 fully saturated rings. The molecule has 0 unspecified atom stereocenters. The maximum absolute atomic E-state index is 13.7. The van der Waals surface area contributed by atoms with Crippen LogP contribution in [0.3, 0.4) is 0 Å². The van der Waals surface area contributed by atoms with Crippen molar-refractivity contribution in [3.63, 3.8) is 0 Å². The third-order valence-electron chi connectivity index (χ3n) is 4.92. The van der Waals surface area contributed by atoms with Gasteiger partial charge in [0.2, 0.25) is 0 Å². The minimum Gasteiger partial charge on any atom is -0.396 e. The fourth-order valence-electron chi connectivity index (χ4n) is 3.77. The molecule has 0 saturated carbocycles. The van der Waals surface area contributed by atoms with E-state index in [2.05, 4.69) is 17.4 Å². The molecule has 0 bridgehead atoms. The van der Waals surface area contributed by atoms with Crippen LogP contribution in [0.5, 0.6) is 0 Å². The van der Waals surface area contributed by atoms with Crippen molar-refractivity contribution in [1.82, 2.24) is 5.32 Å². The van der Waals surface area contributed by atoms with Gasteiger partial charge < -0.3 is 10.4 Å². The van der Waals surface area contributed by atoms with Crippen LogP contribution < -0.4 is 5.32 Å². The van der Waals surface area contributed by atoms with Gasteiger partial charge in [-0.3, -0.25) is 0 Å². The van der Waals surface area contributed by atoms with Gasteiger partial charge in [-0.2, -0.15) is 0 Å². The summed E-state index contributed by atoms with van der Waals surface area (Å²) in [5.74, 6) is -1.59. The monoisotopic (exact) mass is 317 g/mol. The van der Waals surface area contributed by atoms with Crippen molar-refractivity contribution in [3.8, 4) is 0 Å². The lowest BCUT2D eigenvalue weighted by atomic mass is 9.69. The van der Waals surface area contributed by atoms with Crippen LogP contribution in [0.1, 0.15) is 23.5 Å². The number of hydrogen-bond acceptors (Lipinski definition) is 2. The molecule has 0 radical (unpaired) electrons. The van der Waals surface area contributed by atoms with E-state index in [4.69, 9.17) is 0 Å². The van der Waals surface area contributed by atoms with Crippen molar-refractivity contribution < 1.29 is 13.9 Å². The van der Waals surface area contributed by atoms with Crippen LogP contribution in [-0.4, -0.2) is 24.8 Å². The molecule has 2 aromatic carbocycles. The smallest absolute Gasteiger partial charge is 0.159 e. The highest BCUT2D eigenvalue weighted by atomic mass is 19.2. The molecule has 2 atom stereocenters. The lowest BCUT2D eigenvalue weighted by molar-refractivity contribution is 0.178. The summed E-state index contributed by atoms with van der Waals surface area (Å²) in [6.07, 6.45) is 1.42. The SMILES string of the molecule is OCC[C@@]1(Cc2ccccc2)CNC[C@H]1c1ccc(F)c(F)c1. The van der Waals surface area contributed by atoms with E-state index in [1.807, 2.05) is 18.2 Å². The maximum Gasteiger partial charge on any atom is 0.159 e. The Kier molecular flexibility index (Phi) is 4.74. The second-order valence-electron chi connectivity index (χ2n) is 6.36. The van der Waals surface area contributed by atoms with Crippen LogP contribution in [0.2, 0.25) is 0 Å². The van der Waals surface area contributed by atoms with Gasteiger partial charge in [-0.15, -0.1) is 0 Å². The number of nitrogens with one attached hydrogen (secondary N) is 1. The number of halogens is 2. The van der Waals surface area contributed by atoms with E-state index in [-0.39, 0.29) is 17.9 Å². The van der Waals surface area contributed by atoms with Crippen LogP contribution >= 0.6 is 0 Å². The molecule has 1 saturated heterocycles. The van der Waals surface area contributed by atoms with Gasteiger partial charge in [-0.25, -0.2) is 8.78 Å². The molecule has 1 aliphatic rings. The minimum absolute atomic E-state index is 0.0463. The summed E-state index contributed by atoms with van der Waals surface area (Å²) in [6.45, 7) is 1.54. The first-order valence-electron chi connectivity index (χ1n) is 7.95. The summed E-state index contributed by atoms with van der Waals surface area (Å²) in [4.78, 5) is 0. The van der Waals surface area contributed by atoms with Gasteiger partial charge in [0.05, 0.1) is 0 Å². The van der Waals surface area contributed by atoms with E-state index in [1.54, 1.807) is 6.07 Å². The fraction of sp³-hybridized carbons (Fsp3) is 0.368. The summed E-state index contributed by atoms with van der Waals surface area (Å²) >= 11 is 0. The van der Waals surface area contributed by atoms with E-state index in [0.717, 1.165) is 18.5 Å². The average molecular weight is 317 g/mol. The molecule has 122 valence electrons. The lowest BCUT2D eigenvalue weighted by Crippen LogP contribution is -2.33. The van der Waals surface area contributed by atoms with Gasteiger partial charge in [-0.1, -0.05) is 36.4 Å². The van der Waals surface area contributed by atoms with Crippen molar-refractivity contribution in [3.05, 3.63) is 71.3 Å². The van der Waals surface area contributed by atoms with Crippen molar-refractivity contribution in [1.29, 1.82) is 0 Å². The Labute approximate surface area is 135 Å². The number of rotatable bonds is 5. The van der Waals surface area contributed by atoms with E-state index in [0.29, 0.717) is 13.0 Å². The predicted octanol–water partition coefficient (Wildman–Crippen LogP) is 3.26. The van der Waals surface area contributed by atoms with Crippen LogP contribution in [0.25, 0.3) is 0 Å². The van der Waals surface area contributed by atoms with Crippen molar-refractivity contribution in [2.45, 2.75) is 18.8 Å². The quantitative estimate of drug-likeness (QED) is 0.887. The molecule has 0 aromatic heterocycles. The van der Waals surface area contributed by atoms with Gasteiger partial charge in [-0.05, 0) is 41.5 Å². The van der Waals surface area contributed by atoms with Crippen LogP contribution in [0.4, 0.5) is 8.78 Å². The zero-order chi connectivity index (χ0) is 16.3. The molecule has 2 N–H and O–H groups in total. The largest absolute Gasteiger partial charge is 0.396 e. The van der Waals surface area contributed by atoms with Gasteiger partial charge in [0.1, 0.15) is 0 Å². The molecule has 0 amide bonds. The molecule has 23 heavy (non-hydrogen) atoms. The van der Waals surface area contributed by atoms with Gasteiger partial charge >= 0.3 is 0 Å². The topological polar surface area (TPSA) is 32.3 Å². The fourth-order valence-corrected chi connectivity index (χ4v) is 3.77. The lowest BCUT2D eigenvalue weighted by Gasteiger charge is -2.35. The molecule has 1 heterocycles. The molecular formula is C19H21F2NO. The first-order valence-corrected chi connectivity index (χ1v) is 7.95. The number of benzene rings is 2. The summed E-state index contributed by atoms with van der Waals surface area (Å²) in [5.41, 5.74) is 1.79. The standard InChI is InChI=1S/C19H21F2NO/c20-17-7-6-15(10-18(17)21)16-12-22-13-19(16,8-9-23)11-14-4-2-1-3-5-14/h1-7,10,16,22-23H,8-9,11-13H2/t16-,19+/m0/s1. The summed E-state index contributed by atoms with van der Waals surface area (Å²) in [6, 6.07) is 14.3. The second kappa shape index (κ2) is 6.77. The summed E-state index contributed by atoms with van der Waals surface area (Å²) in [5, 5.41) is 12.9. The molecular weight excluding hydrogens is 296 g/mol. The van der Waals surface area contributed by atoms with E-state index in [9.17, 15) is 13.9 Å². The highest BCUT2D eigenvalue weighted by Gasteiger charge is 2.43. The molecule has 0 aliphatic carbocycles. The first kappa shape index (κ1) is 16.1. The Morgan fingerprint density at radius 1 is 1.09 bits per heavy atom. The third kappa shape index (κ3) is 3.28. The van der Waals surface area contributed by atoms with Crippen LogP contribution in [0.15, 0.2) is 48.5 Å². The minimum atomic E-state index is -0.824. The normalized spacial score (nSPS) is 24.0. The Hall–Kier alpha value is -1.78. The number of aliphatic hydroxyl groups excluding tert-OH is 1. The first-order chi connectivity index (χ1) is 11.1. The Balaban J connectivity index is 1.95.